The molecular formula is C22H20N4O4. The highest BCUT2D eigenvalue weighted by Gasteiger charge is 2.11. The van der Waals surface area contributed by atoms with Crippen molar-refractivity contribution in [1.82, 2.24) is 10.2 Å². The predicted octanol–water partition coefficient (Wildman–Crippen LogP) is 2.67. The number of ether oxygens (including phenoxy) is 1. The smallest absolute Gasteiger partial charge is 0.306 e. The zero-order valence-electron chi connectivity index (χ0n) is 16.4. The number of amides is 1. The number of nitrogens with one attached hydrogen (secondary N) is 2. The maximum absolute atomic E-state index is 12.3. The number of nitriles is 1. The Morgan fingerprint density at radius 1 is 1.13 bits per heavy atom. The molecular weight excluding hydrogens is 384 g/mol. The zero-order chi connectivity index (χ0) is 21.5. The normalized spacial score (nSPS) is 10.4. The third kappa shape index (κ3) is 5.08. The molecule has 2 N–H and O–H groups in total. The van der Waals surface area contributed by atoms with Crippen molar-refractivity contribution in [2.45, 2.75) is 26.2 Å². The summed E-state index contributed by atoms with van der Waals surface area (Å²) in [6.07, 6.45) is 0.463. The standard InChI is InChI=1S/C22H20N4O4/c1-2-30-21(28)10-9-20(27)24-16-7-8-17-18(12-16)22(29)26-25-19(17)11-14-3-5-15(13-23)6-4-14/h3-8,12H,2,9-11H2,1H3,(H,24,27)(H,26,29). The Morgan fingerprint density at radius 2 is 1.90 bits per heavy atom. The topological polar surface area (TPSA) is 125 Å². The average molecular weight is 404 g/mol. The largest absolute Gasteiger partial charge is 0.466 e. The zero-order valence-corrected chi connectivity index (χ0v) is 16.4. The molecule has 0 aliphatic heterocycles. The summed E-state index contributed by atoms with van der Waals surface area (Å²) in [6.45, 7) is 1.97. The second-order valence-electron chi connectivity index (χ2n) is 6.60. The second kappa shape index (κ2) is 9.47. The van der Waals surface area contributed by atoms with E-state index in [0.717, 1.165) is 5.56 Å². The molecule has 0 radical (unpaired) electrons. The van der Waals surface area contributed by atoms with Crippen LogP contribution in [-0.2, 0) is 20.7 Å². The molecule has 0 aliphatic rings. The van der Waals surface area contributed by atoms with Gasteiger partial charge in [-0.15, -0.1) is 0 Å². The fraction of sp³-hybridized carbons (Fsp3) is 0.227. The molecule has 1 amide bonds. The first-order valence-corrected chi connectivity index (χ1v) is 9.46. The number of fused-ring (bicyclic) bond motifs is 1. The van der Waals surface area contributed by atoms with Crippen LogP contribution in [0, 0.1) is 11.3 Å². The van der Waals surface area contributed by atoms with E-state index in [2.05, 4.69) is 21.6 Å². The summed E-state index contributed by atoms with van der Waals surface area (Å²) in [7, 11) is 0. The number of H-pyrrole nitrogens is 1. The van der Waals surface area contributed by atoms with Crippen molar-refractivity contribution >= 4 is 28.3 Å². The number of rotatable bonds is 7. The van der Waals surface area contributed by atoms with Gasteiger partial charge in [0.15, 0.2) is 0 Å². The monoisotopic (exact) mass is 404 g/mol. The van der Waals surface area contributed by atoms with Crippen LogP contribution in [0.15, 0.2) is 47.3 Å². The Hall–Kier alpha value is -3.99. The molecule has 0 saturated heterocycles. The highest BCUT2D eigenvalue weighted by molar-refractivity contribution is 5.95. The summed E-state index contributed by atoms with van der Waals surface area (Å²) < 4.78 is 4.80. The molecule has 1 heterocycles. The van der Waals surface area contributed by atoms with Crippen LogP contribution in [0.3, 0.4) is 0 Å². The van der Waals surface area contributed by atoms with Crippen molar-refractivity contribution in [3.8, 4) is 6.07 Å². The van der Waals surface area contributed by atoms with Gasteiger partial charge in [-0.05, 0) is 36.8 Å². The van der Waals surface area contributed by atoms with Gasteiger partial charge >= 0.3 is 5.97 Å². The molecule has 3 aromatic rings. The van der Waals surface area contributed by atoms with Crippen molar-refractivity contribution < 1.29 is 14.3 Å². The van der Waals surface area contributed by atoms with Gasteiger partial charge in [-0.2, -0.15) is 10.4 Å². The molecule has 152 valence electrons. The van der Waals surface area contributed by atoms with Crippen LogP contribution in [0.2, 0.25) is 0 Å². The van der Waals surface area contributed by atoms with Crippen molar-refractivity contribution in [2.24, 2.45) is 0 Å². The van der Waals surface area contributed by atoms with Crippen LogP contribution in [0.4, 0.5) is 5.69 Å². The SMILES string of the molecule is CCOC(=O)CCC(=O)Nc1ccc2c(Cc3ccc(C#N)cc3)n[nH]c(=O)c2c1. The van der Waals surface area contributed by atoms with Crippen molar-refractivity contribution in [3.63, 3.8) is 0 Å². The summed E-state index contributed by atoms with van der Waals surface area (Å²) in [5.74, 6) is -0.771. The number of hydrogen-bond donors (Lipinski definition) is 2. The first-order valence-electron chi connectivity index (χ1n) is 9.46. The number of aromatic amines is 1. The van der Waals surface area contributed by atoms with Crippen molar-refractivity contribution in [2.75, 3.05) is 11.9 Å². The second-order valence-corrected chi connectivity index (χ2v) is 6.60. The third-order valence-electron chi connectivity index (χ3n) is 4.47. The van der Waals surface area contributed by atoms with E-state index in [1.54, 1.807) is 37.3 Å². The number of hydrogen-bond acceptors (Lipinski definition) is 6. The molecule has 8 heteroatoms. The lowest BCUT2D eigenvalue weighted by molar-refractivity contribution is -0.144. The average Bonchev–Trinajstić information content (AvgIpc) is 2.75. The van der Waals surface area contributed by atoms with E-state index in [1.165, 1.54) is 0 Å². The number of carbonyl (C=O) groups excluding carboxylic acids is 2. The molecule has 0 aliphatic carbocycles. The summed E-state index contributed by atoms with van der Waals surface area (Å²) >= 11 is 0. The van der Waals surface area contributed by atoms with Crippen LogP contribution >= 0.6 is 0 Å². The van der Waals surface area contributed by atoms with E-state index in [0.29, 0.717) is 34.1 Å². The Morgan fingerprint density at radius 3 is 2.60 bits per heavy atom. The number of benzene rings is 2. The number of aromatic nitrogens is 2. The summed E-state index contributed by atoms with van der Waals surface area (Å²) in [4.78, 5) is 35.7. The van der Waals surface area contributed by atoms with E-state index in [-0.39, 0.29) is 30.9 Å². The van der Waals surface area contributed by atoms with Crippen LogP contribution in [0.1, 0.15) is 36.6 Å². The predicted molar refractivity (Wildman–Crippen MR) is 111 cm³/mol. The molecule has 0 unspecified atom stereocenters. The molecule has 0 atom stereocenters. The van der Waals surface area contributed by atoms with Gasteiger partial charge < -0.3 is 10.1 Å². The molecule has 1 aromatic heterocycles. The van der Waals surface area contributed by atoms with Gasteiger partial charge in [-0.3, -0.25) is 14.4 Å². The Labute approximate surface area is 172 Å². The van der Waals surface area contributed by atoms with Crippen LogP contribution in [0.25, 0.3) is 10.8 Å². The van der Waals surface area contributed by atoms with E-state index in [4.69, 9.17) is 10.00 Å². The molecule has 0 spiro atoms. The highest BCUT2D eigenvalue weighted by Crippen LogP contribution is 2.21. The first kappa shape index (κ1) is 20.7. The van der Waals surface area contributed by atoms with Gasteiger partial charge in [0.05, 0.1) is 35.7 Å². The number of esters is 1. The fourth-order valence-electron chi connectivity index (χ4n) is 3.00. The van der Waals surface area contributed by atoms with Gasteiger partial charge in [0.2, 0.25) is 5.91 Å². The Kier molecular flexibility index (Phi) is 6.55. The van der Waals surface area contributed by atoms with Gasteiger partial charge in [-0.25, -0.2) is 5.10 Å². The minimum absolute atomic E-state index is 0.00643. The van der Waals surface area contributed by atoms with E-state index in [9.17, 15) is 14.4 Å². The van der Waals surface area contributed by atoms with Crippen LogP contribution < -0.4 is 10.9 Å². The fourth-order valence-corrected chi connectivity index (χ4v) is 3.00. The lowest BCUT2D eigenvalue weighted by Gasteiger charge is -2.09. The maximum Gasteiger partial charge on any atom is 0.306 e. The molecule has 3 rings (SSSR count). The number of nitrogens with zero attached hydrogens (tertiary/aromatic N) is 2. The summed E-state index contributed by atoms with van der Waals surface area (Å²) in [5.41, 5.74) is 2.29. The molecule has 30 heavy (non-hydrogen) atoms. The van der Waals surface area contributed by atoms with Gasteiger partial charge in [-0.1, -0.05) is 18.2 Å². The minimum atomic E-state index is -0.430. The maximum atomic E-state index is 12.3. The lowest BCUT2D eigenvalue weighted by atomic mass is 10.0. The summed E-state index contributed by atoms with van der Waals surface area (Å²) in [5, 5.41) is 19.3. The van der Waals surface area contributed by atoms with Gasteiger partial charge in [0, 0.05) is 23.9 Å². The quantitative estimate of drug-likeness (QED) is 0.583. The number of carbonyl (C=O) groups is 2. The van der Waals surface area contributed by atoms with E-state index in [1.807, 2.05) is 12.1 Å². The molecule has 2 aromatic carbocycles. The third-order valence-corrected chi connectivity index (χ3v) is 4.47. The number of anilines is 1. The first-order chi connectivity index (χ1) is 14.5. The molecule has 0 bridgehead atoms. The Bertz CT molecular complexity index is 1180. The molecule has 8 nitrogen and oxygen atoms in total. The minimum Gasteiger partial charge on any atom is -0.466 e. The lowest BCUT2D eigenvalue weighted by Crippen LogP contribution is -2.15. The van der Waals surface area contributed by atoms with E-state index >= 15 is 0 Å². The van der Waals surface area contributed by atoms with Crippen LogP contribution in [-0.4, -0.2) is 28.7 Å². The van der Waals surface area contributed by atoms with Gasteiger partial charge in [0.25, 0.3) is 5.56 Å². The highest BCUT2D eigenvalue weighted by atomic mass is 16.5. The van der Waals surface area contributed by atoms with E-state index < -0.39 is 5.97 Å². The molecule has 0 fully saturated rings. The summed E-state index contributed by atoms with van der Waals surface area (Å²) in [6, 6.07) is 14.2. The Balaban J connectivity index is 1.78. The van der Waals surface area contributed by atoms with Crippen LogP contribution in [0.5, 0.6) is 0 Å². The molecule has 0 saturated carbocycles. The van der Waals surface area contributed by atoms with Crippen molar-refractivity contribution in [1.29, 1.82) is 5.26 Å². The van der Waals surface area contributed by atoms with Gasteiger partial charge in [0.1, 0.15) is 0 Å². The van der Waals surface area contributed by atoms with Crippen molar-refractivity contribution in [3.05, 3.63) is 69.6 Å².